The maximum absolute atomic E-state index is 13.4. The van der Waals surface area contributed by atoms with Gasteiger partial charge in [-0.05, 0) is 36.9 Å². The third-order valence-electron chi connectivity index (χ3n) is 2.89. The van der Waals surface area contributed by atoms with Gasteiger partial charge in [-0.1, -0.05) is 44.5 Å². The van der Waals surface area contributed by atoms with Gasteiger partial charge >= 0.3 is 0 Å². The Labute approximate surface area is 108 Å². The molecule has 96 valence electrons. The molecule has 0 radical (unpaired) electrons. The van der Waals surface area contributed by atoms with Gasteiger partial charge in [-0.25, -0.2) is 4.39 Å². The van der Waals surface area contributed by atoms with Gasteiger partial charge in [-0.15, -0.1) is 0 Å². The van der Waals surface area contributed by atoms with E-state index in [1.807, 2.05) is 13.1 Å². The van der Waals surface area contributed by atoms with Crippen LogP contribution < -0.4 is 5.32 Å². The second-order valence-corrected chi connectivity index (χ2v) is 5.96. The van der Waals surface area contributed by atoms with Gasteiger partial charge in [-0.2, -0.15) is 0 Å². The van der Waals surface area contributed by atoms with Crippen LogP contribution in [0, 0.1) is 11.2 Å². The van der Waals surface area contributed by atoms with E-state index in [0.29, 0.717) is 0 Å². The Bertz CT molecular complexity index is 371. The minimum absolute atomic E-state index is 0.109. The highest BCUT2D eigenvalue weighted by Crippen LogP contribution is 2.31. The third kappa shape index (κ3) is 4.29. The predicted molar refractivity (Wildman–Crippen MR) is 71.9 cm³/mol. The largest absolute Gasteiger partial charge is 0.313 e. The Morgan fingerprint density at radius 1 is 1.35 bits per heavy atom. The first-order chi connectivity index (χ1) is 7.85. The summed E-state index contributed by atoms with van der Waals surface area (Å²) >= 11 is 6.00. The summed E-state index contributed by atoms with van der Waals surface area (Å²) in [7, 11) is 1.88. The molecule has 1 nitrogen and oxygen atoms in total. The van der Waals surface area contributed by atoms with Crippen molar-refractivity contribution in [3.63, 3.8) is 0 Å². The summed E-state index contributed by atoms with van der Waals surface area (Å²) in [4.78, 5) is 0. The highest BCUT2D eigenvalue weighted by molar-refractivity contribution is 6.31. The van der Waals surface area contributed by atoms with Gasteiger partial charge in [0.25, 0.3) is 0 Å². The molecule has 0 amide bonds. The molecular weight excluding hydrogens is 237 g/mol. The molecule has 1 atom stereocenters. The smallest absolute Gasteiger partial charge is 0.142 e. The van der Waals surface area contributed by atoms with Crippen LogP contribution in [0.4, 0.5) is 4.39 Å². The molecule has 0 aliphatic rings. The quantitative estimate of drug-likeness (QED) is 0.833. The minimum atomic E-state index is -0.347. The van der Waals surface area contributed by atoms with Gasteiger partial charge in [0.2, 0.25) is 0 Å². The van der Waals surface area contributed by atoms with Crippen LogP contribution in [-0.4, -0.2) is 7.05 Å². The van der Waals surface area contributed by atoms with Crippen molar-refractivity contribution in [3.8, 4) is 0 Å². The Balaban J connectivity index is 2.83. The molecule has 1 aromatic carbocycles. The zero-order chi connectivity index (χ0) is 13.1. The molecule has 1 unspecified atom stereocenters. The van der Waals surface area contributed by atoms with Crippen LogP contribution in [0.15, 0.2) is 18.2 Å². The van der Waals surface area contributed by atoms with Crippen molar-refractivity contribution in [3.05, 3.63) is 34.6 Å². The molecule has 3 heteroatoms. The standard InChI is InChI=1S/C14H21ClFN/c1-14(2,3)9-8-12(17-4)10-6-5-7-11(16)13(10)15/h5-7,12,17H,8-9H2,1-4H3. The molecule has 0 aliphatic carbocycles. The molecule has 0 aromatic heterocycles. The number of hydrogen-bond acceptors (Lipinski definition) is 1. The van der Waals surface area contributed by atoms with Crippen molar-refractivity contribution >= 4 is 11.6 Å². The van der Waals surface area contributed by atoms with E-state index in [1.54, 1.807) is 6.07 Å². The fourth-order valence-electron chi connectivity index (χ4n) is 1.82. The van der Waals surface area contributed by atoms with Crippen molar-refractivity contribution in [1.82, 2.24) is 5.32 Å². The lowest BCUT2D eigenvalue weighted by molar-refractivity contribution is 0.338. The SMILES string of the molecule is CNC(CCC(C)(C)C)c1cccc(F)c1Cl. The van der Waals surface area contributed by atoms with E-state index in [0.717, 1.165) is 18.4 Å². The molecule has 1 rings (SSSR count). The van der Waals surface area contributed by atoms with Gasteiger partial charge in [-0.3, -0.25) is 0 Å². The minimum Gasteiger partial charge on any atom is -0.313 e. The number of benzene rings is 1. The van der Waals surface area contributed by atoms with Crippen molar-refractivity contribution < 1.29 is 4.39 Å². The first kappa shape index (κ1) is 14.5. The number of halogens is 2. The molecule has 0 aliphatic heterocycles. The molecule has 1 N–H and O–H groups in total. The Morgan fingerprint density at radius 2 is 2.00 bits per heavy atom. The average Bonchev–Trinajstić information content (AvgIpc) is 2.23. The van der Waals surface area contributed by atoms with E-state index >= 15 is 0 Å². The van der Waals surface area contributed by atoms with Crippen molar-refractivity contribution in [2.75, 3.05) is 7.05 Å². The molecule has 0 heterocycles. The maximum atomic E-state index is 13.4. The maximum Gasteiger partial charge on any atom is 0.142 e. The van der Waals surface area contributed by atoms with Gasteiger partial charge in [0, 0.05) is 6.04 Å². The summed E-state index contributed by atoms with van der Waals surface area (Å²) in [6.07, 6.45) is 2.01. The van der Waals surface area contributed by atoms with Gasteiger partial charge < -0.3 is 5.32 Å². The van der Waals surface area contributed by atoms with Crippen LogP contribution in [0.5, 0.6) is 0 Å². The monoisotopic (exact) mass is 257 g/mol. The van der Waals surface area contributed by atoms with Crippen LogP contribution >= 0.6 is 11.6 Å². The normalized spacial score (nSPS) is 13.8. The lowest BCUT2D eigenvalue weighted by Crippen LogP contribution is -2.19. The van der Waals surface area contributed by atoms with Gasteiger partial charge in [0.15, 0.2) is 0 Å². The van der Waals surface area contributed by atoms with Crippen LogP contribution in [0.1, 0.15) is 45.2 Å². The summed E-state index contributed by atoms with van der Waals surface area (Å²) in [5, 5.41) is 3.44. The summed E-state index contributed by atoms with van der Waals surface area (Å²) < 4.78 is 13.4. The molecule has 0 saturated heterocycles. The fraction of sp³-hybridized carbons (Fsp3) is 0.571. The van der Waals surface area contributed by atoms with Crippen LogP contribution in [-0.2, 0) is 0 Å². The van der Waals surface area contributed by atoms with E-state index in [9.17, 15) is 4.39 Å². The predicted octanol–water partition coefficient (Wildman–Crippen LogP) is 4.57. The van der Waals surface area contributed by atoms with Crippen molar-refractivity contribution in [1.29, 1.82) is 0 Å². The molecule has 0 saturated carbocycles. The summed E-state index contributed by atoms with van der Waals surface area (Å²) in [6, 6.07) is 5.09. The van der Waals surface area contributed by atoms with Crippen molar-refractivity contribution in [2.24, 2.45) is 5.41 Å². The highest BCUT2D eigenvalue weighted by Gasteiger charge is 2.18. The second-order valence-electron chi connectivity index (χ2n) is 5.58. The molecule has 0 spiro atoms. The summed E-state index contributed by atoms with van der Waals surface area (Å²) in [5.74, 6) is -0.347. The lowest BCUT2D eigenvalue weighted by atomic mass is 9.87. The molecule has 0 bridgehead atoms. The molecular formula is C14H21ClFN. The third-order valence-corrected chi connectivity index (χ3v) is 3.29. The second kappa shape index (κ2) is 5.83. The zero-order valence-corrected chi connectivity index (χ0v) is 11.7. The van der Waals surface area contributed by atoms with E-state index in [1.165, 1.54) is 6.07 Å². The topological polar surface area (TPSA) is 12.0 Å². The van der Waals surface area contributed by atoms with Gasteiger partial charge in [0.05, 0.1) is 5.02 Å². The Hall–Kier alpha value is -0.600. The number of nitrogens with one attached hydrogen (secondary N) is 1. The average molecular weight is 258 g/mol. The fourth-order valence-corrected chi connectivity index (χ4v) is 2.08. The molecule has 1 aromatic rings. The van der Waals surface area contributed by atoms with Crippen LogP contribution in [0.25, 0.3) is 0 Å². The zero-order valence-electron chi connectivity index (χ0n) is 11.0. The van der Waals surface area contributed by atoms with Crippen LogP contribution in [0.3, 0.4) is 0 Å². The van der Waals surface area contributed by atoms with E-state index in [-0.39, 0.29) is 22.3 Å². The Morgan fingerprint density at radius 3 is 2.53 bits per heavy atom. The van der Waals surface area contributed by atoms with E-state index in [2.05, 4.69) is 26.1 Å². The van der Waals surface area contributed by atoms with E-state index in [4.69, 9.17) is 11.6 Å². The number of rotatable bonds is 4. The van der Waals surface area contributed by atoms with Crippen LogP contribution in [0.2, 0.25) is 5.02 Å². The first-order valence-corrected chi connectivity index (χ1v) is 6.34. The first-order valence-electron chi connectivity index (χ1n) is 5.96. The summed E-state index contributed by atoms with van der Waals surface area (Å²) in [6.45, 7) is 6.60. The molecule has 0 fully saturated rings. The van der Waals surface area contributed by atoms with Crippen molar-refractivity contribution in [2.45, 2.75) is 39.7 Å². The molecule has 17 heavy (non-hydrogen) atoms. The Kier molecular flexibility index (Phi) is 4.96. The number of hydrogen-bond donors (Lipinski definition) is 1. The summed E-state index contributed by atoms with van der Waals surface area (Å²) in [5.41, 5.74) is 1.12. The van der Waals surface area contributed by atoms with Gasteiger partial charge in [0.1, 0.15) is 5.82 Å². The van der Waals surface area contributed by atoms with E-state index < -0.39 is 0 Å². The lowest BCUT2D eigenvalue weighted by Gasteiger charge is -2.24. The highest BCUT2D eigenvalue weighted by atomic mass is 35.5.